The molecule has 1 saturated heterocycles. The van der Waals surface area contributed by atoms with Crippen LogP contribution in [0.15, 0.2) is 95.6 Å². The summed E-state index contributed by atoms with van der Waals surface area (Å²) in [4.78, 5) is 25.8. The molecule has 4 aromatic rings. The van der Waals surface area contributed by atoms with E-state index in [2.05, 4.69) is 15.5 Å². The lowest BCUT2D eigenvalue weighted by molar-refractivity contribution is -0.116. The number of benzene rings is 3. The number of furan rings is 1. The van der Waals surface area contributed by atoms with Crippen LogP contribution in [0.1, 0.15) is 35.2 Å². The van der Waals surface area contributed by atoms with Gasteiger partial charge in [-0.1, -0.05) is 12.1 Å². The minimum absolute atomic E-state index is 0.0306. The number of ether oxygens (including phenoxy) is 1. The van der Waals surface area contributed by atoms with E-state index in [0.29, 0.717) is 30.3 Å². The number of piperidine rings is 1. The van der Waals surface area contributed by atoms with E-state index in [9.17, 15) is 9.59 Å². The summed E-state index contributed by atoms with van der Waals surface area (Å²) in [7, 11) is 0. The van der Waals surface area contributed by atoms with Crippen LogP contribution in [0.25, 0.3) is 11.3 Å². The van der Waals surface area contributed by atoms with Crippen LogP contribution in [0.5, 0.6) is 11.5 Å². The molecule has 0 atom stereocenters. The number of rotatable bonds is 11. The number of amides is 1. The summed E-state index contributed by atoms with van der Waals surface area (Å²) in [5.74, 6) is 1.29. The zero-order valence-electron chi connectivity index (χ0n) is 22.2. The smallest absolute Gasteiger partial charge is 0.335 e. The largest absolute Gasteiger partial charge is 0.478 e. The minimum Gasteiger partial charge on any atom is -0.478 e. The number of likely N-dealkylation sites (tertiary alicyclic amines) is 1. The molecule has 1 aromatic heterocycles. The van der Waals surface area contributed by atoms with Gasteiger partial charge in [-0.2, -0.15) is 0 Å². The molecule has 0 unspecified atom stereocenters. The van der Waals surface area contributed by atoms with Crippen molar-refractivity contribution < 1.29 is 23.8 Å². The van der Waals surface area contributed by atoms with E-state index in [0.717, 1.165) is 60.8 Å². The van der Waals surface area contributed by atoms with Crippen LogP contribution in [-0.2, 0) is 11.3 Å². The van der Waals surface area contributed by atoms with Crippen LogP contribution in [-0.4, -0.2) is 47.6 Å². The summed E-state index contributed by atoms with van der Waals surface area (Å²) in [5, 5.41) is 15.5. The number of anilines is 1. The first-order chi connectivity index (χ1) is 19.5. The lowest BCUT2D eigenvalue weighted by atomic mass is 10.0. The maximum atomic E-state index is 12.4. The summed E-state index contributed by atoms with van der Waals surface area (Å²) < 4.78 is 11.3. The van der Waals surface area contributed by atoms with E-state index in [-0.39, 0.29) is 5.91 Å². The number of carboxylic acid groups (broad SMARTS) is 1. The Morgan fingerprint density at radius 2 is 1.57 bits per heavy atom. The third kappa shape index (κ3) is 7.59. The van der Waals surface area contributed by atoms with Crippen LogP contribution in [0, 0.1) is 0 Å². The number of carbonyl (C=O) groups excluding carboxylic acids is 1. The third-order valence-corrected chi connectivity index (χ3v) is 7.01. The van der Waals surface area contributed by atoms with E-state index in [1.54, 1.807) is 18.4 Å². The molecule has 1 amide bonds. The van der Waals surface area contributed by atoms with E-state index in [1.807, 2.05) is 72.8 Å². The average Bonchev–Trinajstić information content (AvgIpc) is 3.51. The first-order valence-corrected chi connectivity index (χ1v) is 13.5. The van der Waals surface area contributed by atoms with Crippen molar-refractivity contribution in [3.63, 3.8) is 0 Å². The van der Waals surface area contributed by atoms with Gasteiger partial charge < -0.3 is 24.9 Å². The van der Waals surface area contributed by atoms with Crippen molar-refractivity contribution in [2.45, 2.75) is 31.8 Å². The van der Waals surface area contributed by atoms with Gasteiger partial charge in [0.1, 0.15) is 17.3 Å². The lowest BCUT2D eigenvalue weighted by Crippen LogP contribution is -2.42. The standard InChI is InChI=1S/C32H33N3O5/c36-31(15-18-33-26-16-19-35(20-17-26)22-23-3-5-25(6-4-23)32(37)38)34-27-9-13-29(14-10-27)40-28-11-7-24(8-12-28)30-2-1-21-39-30/h1-14,21,26,33H,15-20,22H2,(H,34,36)(H,37,38). The molecule has 0 bridgehead atoms. The van der Waals surface area contributed by atoms with Gasteiger partial charge in [0.05, 0.1) is 11.8 Å². The monoisotopic (exact) mass is 539 g/mol. The molecule has 0 radical (unpaired) electrons. The normalized spacial score (nSPS) is 14.1. The number of hydrogen-bond donors (Lipinski definition) is 3. The number of carboxylic acids is 1. The van der Waals surface area contributed by atoms with E-state index >= 15 is 0 Å². The molecule has 1 aliphatic rings. The van der Waals surface area contributed by atoms with Crippen LogP contribution >= 0.6 is 0 Å². The number of nitrogens with zero attached hydrogens (tertiary/aromatic N) is 1. The molecule has 40 heavy (non-hydrogen) atoms. The number of hydrogen-bond acceptors (Lipinski definition) is 6. The zero-order valence-corrected chi connectivity index (χ0v) is 22.2. The van der Waals surface area contributed by atoms with Gasteiger partial charge in [0.2, 0.25) is 5.91 Å². The van der Waals surface area contributed by atoms with Gasteiger partial charge in [0.25, 0.3) is 0 Å². The van der Waals surface area contributed by atoms with Gasteiger partial charge in [0.15, 0.2) is 0 Å². The summed E-state index contributed by atoms with van der Waals surface area (Å²) in [5.41, 5.74) is 3.14. The Hall–Kier alpha value is -4.40. The maximum Gasteiger partial charge on any atom is 0.335 e. The molecule has 0 spiro atoms. The SMILES string of the molecule is O=C(CCNC1CCN(Cc2ccc(C(=O)O)cc2)CC1)Nc1ccc(Oc2ccc(-c3ccco3)cc2)cc1. The van der Waals surface area contributed by atoms with Crippen molar-refractivity contribution in [1.82, 2.24) is 10.2 Å². The Morgan fingerprint density at radius 1 is 0.900 bits per heavy atom. The van der Waals surface area contributed by atoms with Gasteiger partial charge >= 0.3 is 5.97 Å². The van der Waals surface area contributed by atoms with Crippen molar-refractivity contribution >= 4 is 17.6 Å². The summed E-state index contributed by atoms with van der Waals surface area (Å²) >= 11 is 0. The van der Waals surface area contributed by atoms with Crippen molar-refractivity contribution in [3.05, 3.63) is 102 Å². The van der Waals surface area contributed by atoms with Crippen LogP contribution in [0.4, 0.5) is 5.69 Å². The Balaban J connectivity index is 0.984. The number of aromatic carboxylic acids is 1. The quantitative estimate of drug-likeness (QED) is 0.214. The second-order valence-corrected chi connectivity index (χ2v) is 9.93. The predicted octanol–water partition coefficient (Wildman–Crippen LogP) is 6.02. The van der Waals surface area contributed by atoms with Crippen molar-refractivity contribution in [2.75, 3.05) is 25.0 Å². The van der Waals surface area contributed by atoms with Gasteiger partial charge in [0, 0.05) is 36.8 Å². The molecule has 3 N–H and O–H groups in total. The zero-order chi connectivity index (χ0) is 27.7. The Bertz CT molecular complexity index is 1380. The molecule has 1 fully saturated rings. The highest BCUT2D eigenvalue weighted by molar-refractivity contribution is 5.90. The molecule has 3 aromatic carbocycles. The molecule has 0 aliphatic carbocycles. The Morgan fingerprint density at radius 3 is 2.20 bits per heavy atom. The fourth-order valence-electron chi connectivity index (χ4n) is 4.79. The lowest BCUT2D eigenvalue weighted by Gasteiger charge is -2.32. The molecule has 8 nitrogen and oxygen atoms in total. The van der Waals surface area contributed by atoms with E-state index in [4.69, 9.17) is 14.3 Å². The van der Waals surface area contributed by atoms with Gasteiger partial charge in [-0.15, -0.1) is 0 Å². The second-order valence-electron chi connectivity index (χ2n) is 9.93. The number of nitrogens with one attached hydrogen (secondary N) is 2. The molecule has 5 rings (SSSR count). The van der Waals surface area contributed by atoms with Crippen LogP contribution in [0.3, 0.4) is 0 Å². The van der Waals surface area contributed by atoms with Crippen LogP contribution < -0.4 is 15.4 Å². The molecule has 1 aliphatic heterocycles. The maximum absolute atomic E-state index is 12.4. The third-order valence-electron chi connectivity index (χ3n) is 7.01. The van der Waals surface area contributed by atoms with Gasteiger partial charge in [-0.05, 0) is 104 Å². The van der Waals surface area contributed by atoms with Crippen molar-refractivity contribution in [1.29, 1.82) is 0 Å². The summed E-state index contributed by atoms with van der Waals surface area (Å²) in [6.45, 7) is 3.37. The first kappa shape index (κ1) is 27.2. The highest BCUT2D eigenvalue weighted by Gasteiger charge is 2.19. The van der Waals surface area contributed by atoms with Gasteiger partial charge in [-0.25, -0.2) is 4.79 Å². The summed E-state index contributed by atoms with van der Waals surface area (Å²) in [6.07, 6.45) is 4.08. The fraction of sp³-hybridized carbons (Fsp3) is 0.250. The molecule has 8 heteroatoms. The van der Waals surface area contributed by atoms with Crippen molar-refractivity contribution in [2.24, 2.45) is 0 Å². The second kappa shape index (κ2) is 13.1. The molecule has 0 saturated carbocycles. The fourth-order valence-corrected chi connectivity index (χ4v) is 4.79. The predicted molar refractivity (Wildman–Crippen MR) is 154 cm³/mol. The molecule has 206 valence electrons. The Kier molecular flexibility index (Phi) is 8.90. The first-order valence-electron chi connectivity index (χ1n) is 13.5. The molecular weight excluding hydrogens is 506 g/mol. The minimum atomic E-state index is -0.903. The summed E-state index contributed by atoms with van der Waals surface area (Å²) in [6, 6.07) is 26.3. The topological polar surface area (TPSA) is 104 Å². The molecular formula is C32H33N3O5. The average molecular weight is 540 g/mol. The van der Waals surface area contributed by atoms with Gasteiger partial charge in [-0.3, -0.25) is 9.69 Å². The van der Waals surface area contributed by atoms with Crippen molar-refractivity contribution in [3.8, 4) is 22.8 Å². The highest BCUT2D eigenvalue weighted by Crippen LogP contribution is 2.27. The van der Waals surface area contributed by atoms with E-state index in [1.165, 1.54) is 0 Å². The Labute approximate surface area is 233 Å². The van der Waals surface area contributed by atoms with Crippen LogP contribution in [0.2, 0.25) is 0 Å². The number of carbonyl (C=O) groups is 2. The molecule has 2 heterocycles. The van der Waals surface area contributed by atoms with E-state index < -0.39 is 5.97 Å². The highest BCUT2D eigenvalue weighted by atomic mass is 16.5.